The van der Waals surface area contributed by atoms with Crippen molar-refractivity contribution < 1.29 is 24.3 Å². The molecule has 2 rings (SSSR count). The minimum absolute atomic E-state index is 0.250. The molecule has 0 amide bonds. The van der Waals surface area contributed by atoms with Crippen LogP contribution in [0.5, 0.6) is 0 Å². The van der Waals surface area contributed by atoms with Gasteiger partial charge < -0.3 is 24.6 Å². The first-order valence-corrected chi connectivity index (χ1v) is 7.27. The molecular formula is C14H23N5O5. The Balaban J connectivity index is 0.000000772. The summed E-state index contributed by atoms with van der Waals surface area (Å²) in [6.45, 7) is 5.40. The number of carbonyl (C=O) groups is 2. The Morgan fingerprint density at radius 1 is 1.38 bits per heavy atom. The van der Waals surface area contributed by atoms with Gasteiger partial charge in [-0.15, -0.1) is 0 Å². The summed E-state index contributed by atoms with van der Waals surface area (Å²) in [5.74, 6) is 1.48. The second-order valence-electron chi connectivity index (χ2n) is 4.53. The fourth-order valence-electron chi connectivity index (χ4n) is 1.74. The Morgan fingerprint density at radius 3 is 2.54 bits per heavy atom. The molecule has 24 heavy (non-hydrogen) atoms. The first kappa shape index (κ1) is 21.2. The molecule has 0 saturated carbocycles. The molecule has 3 N–H and O–H groups in total. The van der Waals surface area contributed by atoms with Crippen LogP contribution in [0.25, 0.3) is 0 Å². The summed E-state index contributed by atoms with van der Waals surface area (Å²) in [5.41, 5.74) is 0. The van der Waals surface area contributed by atoms with Crippen LogP contribution in [0.15, 0.2) is 23.2 Å². The van der Waals surface area contributed by atoms with Crippen molar-refractivity contribution in [1.29, 1.82) is 0 Å². The number of aryl methyl sites for hydroxylation is 1. The van der Waals surface area contributed by atoms with Gasteiger partial charge in [-0.1, -0.05) is 12.1 Å². The maximum atomic E-state index is 8.36. The van der Waals surface area contributed by atoms with E-state index in [-0.39, 0.29) is 12.9 Å². The Morgan fingerprint density at radius 2 is 2.04 bits per heavy atom. The van der Waals surface area contributed by atoms with Gasteiger partial charge in [-0.2, -0.15) is 4.98 Å². The molecule has 0 spiro atoms. The number of imidazole rings is 1. The number of carboxylic acid groups (broad SMARTS) is 2. The molecule has 134 valence electrons. The van der Waals surface area contributed by atoms with E-state index in [4.69, 9.17) is 24.3 Å². The molecule has 0 aliphatic heterocycles. The number of nitrogens with one attached hydrogen (secondary N) is 1. The van der Waals surface area contributed by atoms with Crippen LogP contribution in [0.4, 0.5) is 0 Å². The Hall–Kier alpha value is -2.75. The lowest BCUT2D eigenvalue weighted by molar-refractivity contribution is -0.123. The molecule has 0 fully saturated rings. The van der Waals surface area contributed by atoms with Crippen molar-refractivity contribution in [1.82, 2.24) is 25.0 Å². The fourth-order valence-corrected chi connectivity index (χ4v) is 1.74. The zero-order valence-corrected chi connectivity index (χ0v) is 13.7. The third-order valence-electron chi connectivity index (χ3n) is 2.70. The Kier molecular flexibility index (Phi) is 12.3. The van der Waals surface area contributed by atoms with Crippen LogP contribution in [0.3, 0.4) is 0 Å². The monoisotopic (exact) mass is 341 g/mol. The zero-order chi connectivity index (χ0) is 18.2. The quantitative estimate of drug-likeness (QED) is 0.611. The van der Waals surface area contributed by atoms with E-state index < -0.39 is 0 Å². The van der Waals surface area contributed by atoms with Gasteiger partial charge in [0, 0.05) is 44.4 Å². The largest absolute Gasteiger partial charge is 0.483 e. The highest BCUT2D eigenvalue weighted by Gasteiger charge is 2.06. The summed E-state index contributed by atoms with van der Waals surface area (Å²) in [6.07, 6.45) is 7.15. The van der Waals surface area contributed by atoms with Crippen LogP contribution in [0.2, 0.25) is 0 Å². The molecule has 10 nitrogen and oxygen atoms in total. The molecule has 0 aromatic carbocycles. The minimum atomic E-state index is -0.250. The SMILES string of the molecule is CCc1noc(CCNC(C)Cn2ccnc2)n1.O=CO.O=CO. The third kappa shape index (κ3) is 10.1. The van der Waals surface area contributed by atoms with Crippen molar-refractivity contribution in [2.45, 2.75) is 39.3 Å². The van der Waals surface area contributed by atoms with Gasteiger partial charge in [0.25, 0.3) is 12.9 Å². The number of aromatic nitrogens is 4. The van der Waals surface area contributed by atoms with Crippen LogP contribution in [0, 0.1) is 0 Å². The molecule has 1 atom stereocenters. The summed E-state index contributed by atoms with van der Waals surface area (Å²) < 4.78 is 7.18. The average Bonchev–Trinajstić information content (AvgIpc) is 3.20. The minimum Gasteiger partial charge on any atom is -0.483 e. The molecular weight excluding hydrogens is 318 g/mol. The van der Waals surface area contributed by atoms with Gasteiger partial charge in [-0.05, 0) is 6.92 Å². The van der Waals surface area contributed by atoms with Crippen LogP contribution in [-0.4, -0.2) is 55.4 Å². The topological polar surface area (TPSA) is 143 Å². The van der Waals surface area contributed by atoms with Gasteiger partial charge in [0.05, 0.1) is 6.33 Å². The smallest absolute Gasteiger partial charge is 0.290 e. The maximum absolute atomic E-state index is 8.36. The van der Waals surface area contributed by atoms with E-state index in [0.717, 1.165) is 31.8 Å². The predicted molar refractivity (Wildman–Crippen MR) is 84.5 cm³/mol. The van der Waals surface area contributed by atoms with E-state index in [1.54, 1.807) is 6.20 Å². The zero-order valence-electron chi connectivity index (χ0n) is 13.7. The van der Waals surface area contributed by atoms with Crippen LogP contribution < -0.4 is 5.32 Å². The van der Waals surface area contributed by atoms with Gasteiger partial charge in [-0.25, -0.2) is 4.98 Å². The van der Waals surface area contributed by atoms with Crippen molar-refractivity contribution in [3.8, 4) is 0 Å². The first-order chi connectivity index (χ1) is 11.6. The lowest BCUT2D eigenvalue weighted by atomic mass is 10.3. The molecule has 0 bridgehead atoms. The summed E-state index contributed by atoms with van der Waals surface area (Å²) in [6, 6.07) is 0.382. The average molecular weight is 341 g/mol. The highest BCUT2D eigenvalue weighted by Crippen LogP contribution is 1.99. The van der Waals surface area contributed by atoms with Crippen molar-refractivity contribution in [2.75, 3.05) is 6.54 Å². The van der Waals surface area contributed by atoms with Crippen LogP contribution in [-0.2, 0) is 29.0 Å². The summed E-state index contributed by atoms with van der Waals surface area (Å²) in [5, 5.41) is 21.1. The standard InChI is InChI=1S/C12H19N5O.2CH2O2/c1-3-11-15-12(18-16-11)4-5-14-10(2)8-17-7-6-13-9-17;2*2-1-3/h6-7,9-10,14H,3-5,8H2,1-2H3;2*1H,(H,2,3). The van der Waals surface area contributed by atoms with Gasteiger partial charge in [0.2, 0.25) is 5.89 Å². The Labute approximate surface area is 139 Å². The lowest BCUT2D eigenvalue weighted by Crippen LogP contribution is -2.31. The predicted octanol–water partition coefficient (Wildman–Crippen LogP) is 0.451. The third-order valence-corrected chi connectivity index (χ3v) is 2.70. The summed E-state index contributed by atoms with van der Waals surface area (Å²) >= 11 is 0. The maximum Gasteiger partial charge on any atom is 0.290 e. The van der Waals surface area contributed by atoms with E-state index in [2.05, 4.69) is 31.9 Å². The first-order valence-electron chi connectivity index (χ1n) is 7.27. The van der Waals surface area contributed by atoms with Gasteiger partial charge in [0.15, 0.2) is 5.82 Å². The van der Waals surface area contributed by atoms with Gasteiger partial charge in [-0.3, -0.25) is 9.59 Å². The van der Waals surface area contributed by atoms with Gasteiger partial charge >= 0.3 is 0 Å². The van der Waals surface area contributed by atoms with Crippen LogP contribution in [0.1, 0.15) is 25.6 Å². The highest BCUT2D eigenvalue weighted by molar-refractivity contribution is 5.33. The van der Waals surface area contributed by atoms with E-state index in [1.165, 1.54) is 0 Å². The van der Waals surface area contributed by atoms with Crippen molar-refractivity contribution in [2.24, 2.45) is 0 Å². The van der Waals surface area contributed by atoms with Crippen molar-refractivity contribution in [3.05, 3.63) is 30.4 Å². The molecule has 1 unspecified atom stereocenters. The lowest BCUT2D eigenvalue weighted by Gasteiger charge is -2.13. The molecule has 2 aromatic rings. The number of hydrogen-bond acceptors (Lipinski definition) is 7. The van der Waals surface area contributed by atoms with E-state index in [1.807, 2.05) is 19.4 Å². The number of nitrogens with zero attached hydrogens (tertiary/aromatic N) is 4. The number of hydrogen-bond donors (Lipinski definition) is 3. The van der Waals surface area contributed by atoms with Crippen molar-refractivity contribution in [3.63, 3.8) is 0 Å². The van der Waals surface area contributed by atoms with E-state index in [0.29, 0.717) is 11.9 Å². The molecule has 10 heteroatoms. The molecule has 0 radical (unpaired) electrons. The second kappa shape index (κ2) is 13.9. The normalized spacial score (nSPS) is 10.6. The number of rotatable bonds is 7. The van der Waals surface area contributed by atoms with Gasteiger partial charge in [0.1, 0.15) is 0 Å². The molecule has 0 aliphatic carbocycles. The van der Waals surface area contributed by atoms with Crippen molar-refractivity contribution >= 4 is 12.9 Å². The molecule has 0 saturated heterocycles. The summed E-state index contributed by atoms with van der Waals surface area (Å²) in [7, 11) is 0. The molecule has 2 heterocycles. The summed E-state index contributed by atoms with van der Waals surface area (Å²) in [4.78, 5) is 25.0. The Bertz CT molecular complexity index is 538. The second-order valence-corrected chi connectivity index (χ2v) is 4.53. The highest BCUT2D eigenvalue weighted by atomic mass is 16.5. The van der Waals surface area contributed by atoms with E-state index in [9.17, 15) is 0 Å². The fraction of sp³-hybridized carbons (Fsp3) is 0.500. The van der Waals surface area contributed by atoms with Crippen LogP contribution >= 0.6 is 0 Å². The molecule has 0 aliphatic rings. The van der Waals surface area contributed by atoms with E-state index >= 15 is 0 Å². The molecule has 2 aromatic heterocycles.